The number of aliphatic hydroxyl groups is 1. The molecule has 1 fully saturated rings. The number of pyridine rings is 1. The smallest absolute Gasteiger partial charge is 0.194 e. The van der Waals surface area contributed by atoms with Crippen LogP contribution in [0, 0.1) is 22.9 Å². The lowest BCUT2D eigenvalue weighted by atomic mass is 9.74. The number of anilines is 1. The third kappa shape index (κ3) is 6.78. The summed E-state index contributed by atoms with van der Waals surface area (Å²) < 4.78 is 61.5. The fourth-order valence-corrected chi connectivity index (χ4v) is 6.18. The van der Waals surface area contributed by atoms with Gasteiger partial charge < -0.3 is 19.6 Å². The van der Waals surface area contributed by atoms with E-state index in [2.05, 4.69) is 9.88 Å². The van der Waals surface area contributed by atoms with E-state index < -0.39 is 23.6 Å². The SMILES string of the molecule is COc1ccc2ncc(N(C)C)c(C(F)CCC3(CO)CCN(CCSc4cc(F)c(F)c(F)c4)CC3)c2c1. The molecule has 2 heterocycles. The molecule has 39 heavy (non-hydrogen) atoms. The van der Waals surface area contributed by atoms with Crippen molar-refractivity contribution in [2.24, 2.45) is 5.41 Å². The molecule has 0 spiro atoms. The summed E-state index contributed by atoms with van der Waals surface area (Å²) in [4.78, 5) is 8.94. The number of piperidine rings is 1. The Hall–Kier alpha value is -2.56. The van der Waals surface area contributed by atoms with E-state index in [0.717, 1.165) is 49.1 Å². The highest BCUT2D eigenvalue weighted by atomic mass is 32.2. The van der Waals surface area contributed by atoms with E-state index >= 15 is 4.39 Å². The predicted molar refractivity (Wildman–Crippen MR) is 148 cm³/mol. The third-order valence-electron chi connectivity index (χ3n) is 7.70. The Labute approximate surface area is 231 Å². The number of methoxy groups -OCH3 is 1. The van der Waals surface area contributed by atoms with Gasteiger partial charge in [-0.25, -0.2) is 17.6 Å². The van der Waals surface area contributed by atoms with Gasteiger partial charge in [-0.15, -0.1) is 11.8 Å². The molecule has 0 aliphatic carbocycles. The largest absolute Gasteiger partial charge is 0.497 e. The minimum atomic E-state index is -1.46. The fraction of sp³-hybridized carbons (Fsp3) is 0.483. The summed E-state index contributed by atoms with van der Waals surface area (Å²) in [6.07, 6.45) is 2.73. The van der Waals surface area contributed by atoms with Crippen LogP contribution in [0.4, 0.5) is 23.2 Å². The first-order chi connectivity index (χ1) is 18.7. The maximum atomic E-state index is 16.0. The van der Waals surface area contributed by atoms with Gasteiger partial charge in [-0.1, -0.05) is 0 Å². The van der Waals surface area contributed by atoms with E-state index in [4.69, 9.17) is 4.74 Å². The summed E-state index contributed by atoms with van der Waals surface area (Å²) in [5.41, 5.74) is 1.64. The highest BCUT2D eigenvalue weighted by Gasteiger charge is 2.35. The molecule has 1 aromatic heterocycles. The first-order valence-electron chi connectivity index (χ1n) is 13.0. The highest BCUT2D eigenvalue weighted by Crippen LogP contribution is 2.42. The standard InChI is InChI=1S/C29H35F4N3O2S/c1-35(2)26-17-34-25-5-4-19(38-3)14-21(25)27(26)22(30)6-7-29(18-37)8-10-36(11-9-29)12-13-39-20-15-23(31)28(33)24(32)16-20/h4-5,14-17,22,37H,6-13,18H2,1-3H3. The van der Waals surface area contributed by atoms with E-state index in [1.165, 1.54) is 11.8 Å². The number of hydrogen-bond acceptors (Lipinski definition) is 6. The molecular formula is C29H35F4N3O2S. The van der Waals surface area contributed by atoms with Gasteiger partial charge in [-0.05, 0) is 74.5 Å². The zero-order valence-corrected chi connectivity index (χ0v) is 23.3. The van der Waals surface area contributed by atoms with Crippen molar-refractivity contribution >= 4 is 28.4 Å². The van der Waals surface area contributed by atoms with E-state index in [1.54, 1.807) is 13.3 Å². The van der Waals surface area contributed by atoms with E-state index in [-0.39, 0.29) is 18.4 Å². The second kappa shape index (κ2) is 12.7. The molecule has 212 valence electrons. The van der Waals surface area contributed by atoms with Gasteiger partial charge in [-0.2, -0.15) is 0 Å². The molecule has 0 amide bonds. The Morgan fingerprint density at radius 2 is 1.82 bits per heavy atom. The molecule has 5 nitrogen and oxygen atoms in total. The maximum Gasteiger partial charge on any atom is 0.194 e. The van der Waals surface area contributed by atoms with Crippen LogP contribution in [-0.4, -0.2) is 68.2 Å². The topological polar surface area (TPSA) is 48.8 Å². The Morgan fingerprint density at radius 3 is 2.44 bits per heavy atom. The van der Waals surface area contributed by atoms with Crippen molar-refractivity contribution in [3.63, 3.8) is 0 Å². The van der Waals surface area contributed by atoms with Crippen LogP contribution in [0.2, 0.25) is 0 Å². The maximum absolute atomic E-state index is 16.0. The molecule has 1 atom stereocenters. The first-order valence-corrected chi connectivity index (χ1v) is 14.0. The number of aromatic nitrogens is 1. The van der Waals surface area contributed by atoms with Crippen molar-refractivity contribution in [2.45, 2.75) is 36.8 Å². The van der Waals surface area contributed by atoms with E-state index in [1.807, 2.05) is 37.2 Å². The highest BCUT2D eigenvalue weighted by molar-refractivity contribution is 7.99. The average molecular weight is 566 g/mol. The van der Waals surface area contributed by atoms with Crippen molar-refractivity contribution in [1.82, 2.24) is 9.88 Å². The van der Waals surface area contributed by atoms with E-state index in [9.17, 15) is 18.3 Å². The first kappa shape index (κ1) is 29.4. The normalized spacial score (nSPS) is 16.4. The van der Waals surface area contributed by atoms with Crippen LogP contribution in [0.3, 0.4) is 0 Å². The van der Waals surface area contributed by atoms with Gasteiger partial charge >= 0.3 is 0 Å². The Bertz CT molecular complexity index is 1260. The fourth-order valence-electron chi connectivity index (χ4n) is 5.22. The molecule has 4 rings (SSSR count). The number of aliphatic hydroxyl groups excluding tert-OH is 1. The third-order valence-corrected chi connectivity index (χ3v) is 8.66. The molecule has 2 aromatic carbocycles. The molecule has 1 saturated heterocycles. The van der Waals surface area contributed by atoms with Gasteiger partial charge in [0.15, 0.2) is 17.5 Å². The number of nitrogens with zero attached hydrogens (tertiary/aromatic N) is 3. The molecule has 0 saturated carbocycles. The van der Waals surface area contributed by atoms with Crippen molar-refractivity contribution in [1.29, 1.82) is 0 Å². The van der Waals surface area contributed by atoms with Crippen molar-refractivity contribution < 1.29 is 27.4 Å². The molecule has 0 radical (unpaired) electrons. The van der Waals surface area contributed by atoms with Gasteiger partial charge in [0.25, 0.3) is 0 Å². The minimum absolute atomic E-state index is 0.0120. The molecule has 1 aliphatic heterocycles. The van der Waals surface area contributed by atoms with Gasteiger partial charge in [0.1, 0.15) is 11.9 Å². The number of halogens is 4. The van der Waals surface area contributed by atoms with Gasteiger partial charge in [0.05, 0.1) is 24.5 Å². The Balaban J connectivity index is 1.37. The minimum Gasteiger partial charge on any atom is -0.497 e. The Morgan fingerprint density at radius 1 is 1.13 bits per heavy atom. The van der Waals surface area contributed by atoms with Crippen LogP contribution in [0.1, 0.15) is 37.4 Å². The van der Waals surface area contributed by atoms with Gasteiger partial charge in [0.2, 0.25) is 0 Å². The summed E-state index contributed by atoms with van der Waals surface area (Å²) >= 11 is 1.27. The average Bonchev–Trinajstić information content (AvgIpc) is 2.94. The molecule has 1 aliphatic rings. The summed E-state index contributed by atoms with van der Waals surface area (Å²) in [6, 6.07) is 7.48. The number of benzene rings is 2. The molecule has 0 bridgehead atoms. The second-order valence-electron chi connectivity index (χ2n) is 10.4. The van der Waals surface area contributed by atoms with Crippen molar-refractivity contribution in [2.75, 3.05) is 58.1 Å². The number of alkyl halides is 1. The lowest BCUT2D eigenvalue weighted by Gasteiger charge is -2.41. The van der Waals surface area contributed by atoms with Crippen molar-refractivity contribution in [3.8, 4) is 5.75 Å². The number of ether oxygens (including phenoxy) is 1. The number of hydrogen-bond donors (Lipinski definition) is 1. The summed E-state index contributed by atoms with van der Waals surface area (Å²) in [7, 11) is 5.31. The number of likely N-dealkylation sites (tertiary alicyclic amines) is 1. The van der Waals surface area contributed by atoms with Crippen molar-refractivity contribution in [3.05, 3.63) is 59.5 Å². The van der Waals surface area contributed by atoms with Gasteiger partial charge in [-0.3, -0.25) is 4.98 Å². The summed E-state index contributed by atoms with van der Waals surface area (Å²) in [6.45, 7) is 2.16. The van der Waals surface area contributed by atoms with Crippen LogP contribution < -0.4 is 9.64 Å². The molecular weight excluding hydrogens is 530 g/mol. The van der Waals surface area contributed by atoms with E-state index in [0.29, 0.717) is 40.4 Å². The van der Waals surface area contributed by atoms with Crippen LogP contribution >= 0.6 is 11.8 Å². The summed E-state index contributed by atoms with van der Waals surface area (Å²) in [5.74, 6) is -2.60. The zero-order valence-electron chi connectivity index (χ0n) is 22.5. The molecule has 3 aromatic rings. The molecule has 1 unspecified atom stereocenters. The lowest BCUT2D eigenvalue weighted by Crippen LogP contribution is -2.42. The van der Waals surface area contributed by atoms with Crippen LogP contribution in [0.15, 0.2) is 41.4 Å². The molecule has 1 N–H and O–H groups in total. The Kier molecular flexibility index (Phi) is 9.61. The zero-order chi connectivity index (χ0) is 28.2. The second-order valence-corrected chi connectivity index (χ2v) is 11.6. The van der Waals surface area contributed by atoms with Gasteiger partial charge in [0, 0.05) is 48.8 Å². The quantitative estimate of drug-likeness (QED) is 0.165. The lowest BCUT2D eigenvalue weighted by molar-refractivity contribution is 0.0323. The number of fused-ring (bicyclic) bond motifs is 1. The summed E-state index contributed by atoms with van der Waals surface area (Å²) in [5, 5.41) is 11.0. The monoisotopic (exact) mass is 565 g/mol. The predicted octanol–water partition coefficient (Wildman–Crippen LogP) is 6.38. The number of thioether (sulfide) groups is 1. The van der Waals surface area contributed by atoms with Crippen LogP contribution in [-0.2, 0) is 0 Å². The number of rotatable bonds is 11. The van der Waals surface area contributed by atoms with Crippen LogP contribution in [0.5, 0.6) is 5.75 Å². The van der Waals surface area contributed by atoms with Crippen LogP contribution in [0.25, 0.3) is 10.9 Å². The molecule has 10 heteroatoms.